The molecular formula is C15H14N4OS. The average molecular weight is 298 g/mol. The molecule has 1 amide bonds. The van der Waals surface area contributed by atoms with Crippen LogP contribution >= 0.6 is 11.3 Å². The maximum absolute atomic E-state index is 12.0. The number of aryl methyl sites for hydroxylation is 2. The molecule has 1 heterocycles. The van der Waals surface area contributed by atoms with Crippen LogP contribution in [0.1, 0.15) is 11.3 Å². The van der Waals surface area contributed by atoms with Crippen LogP contribution in [0.15, 0.2) is 41.4 Å². The first-order chi connectivity index (χ1) is 10.1. The fourth-order valence-electron chi connectivity index (χ4n) is 1.62. The lowest BCUT2D eigenvalue weighted by Gasteiger charge is -2.05. The molecule has 0 radical (unpaired) electrons. The zero-order valence-electron chi connectivity index (χ0n) is 11.7. The van der Waals surface area contributed by atoms with Crippen molar-refractivity contribution in [1.29, 1.82) is 5.26 Å². The van der Waals surface area contributed by atoms with E-state index in [-0.39, 0.29) is 5.57 Å². The van der Waals surface area contributed by atoms with Gasteiger partial charge in [-0.05, 0) is 31.5 Å². The van der Waals surface area contributed by atoms with Gasteiger partial charge >= 0.3 is 0 Å². The maximum atomic E-state index is 12.0. The predicted octanol–water partition coefficient (Wildman–Crippen LogP) is 3.22. The molecule has 21 heavy (non-hydrogen) atoms. The Kier molecular flexibility index (Phi) is 4.69. The number of carbonyl (C=O) groups excluding carboxylic acids is 1. The Balaban J connectivity index is 2.06. The van der Waals surface area contributed by atoms with Gasteiger partial charge in [0.1, 0.15) is 11.6 Å². The molecule has 0 saturated heterocycles. The fraction of sp³-hybridized carbons (Fsp3) is 0.133. The summed E-state index contributed by atoms with van der Waals surface area (Å²) in [4.78, 5) is 16.2. The molecule has 0 fully saturated rings. The molecule has 0 aliphatic rings. The van der Waals surface area contributed by atoms with Crippen LogP contribution in [0.3, 0.4) is 0 Å². The number of rotatable bonds is 4. The van der Waals surface area contributed by atoms with Gasteiger partial charge in [-0.1, -0.05) is 12.1 Å². The minimum atomic E-state index is -0.455. The molecule has 1 aromatic heterocycles. The molecule has 6 heteroatoms. The number of nitriles is 1. The zero-order chi connectivity index (χ0) is 15.2. The number of benzene rings is 1. The SMILES string of the molecule is Cc1cccc(NC(=O)/C(C#N)=C\Nc2nc(C)cs2)c1. The third-order valence-electron chi connectivity index (χ3n) is 2.60. The quantitative estimate of drug-likeness (QED) is 0.671. The van der Waals surface area contributed by atoms with Gasteiger partial charge in [0.2, 0.25) is 0 Å². The number of thiazole rings is 1. The molecule has 2 rings (SSSR count). The molecule has 0 unspecified atom stereocenters. The van der Waals surface area contributed by atoms with Crippen LogP contribution in [0.2, 0.25) is 0 Å². The van der Waals surface area contributed by atoms with E-state index >= 15 is 0 Å². The van der Waals surface area contributed by atoms with Crippen molar-refractivity contribution in [2.24, 2.45) is 0 Å². The van der Waals surface area contributed by atoms with Gasteiger partial charge in [0, 0.05) is 17.3 Å². The normalized spacial score (nSPS) is 10.8. The van der Waals surface area contributed by atoms with Gasteiger partial charge in [0.15, 0.2) is 5.13 Å². The lowest BCUT2D eigenvalue weighted by atomic mass is 10.2. The molecule has 0 aliphatic carbocycles. The van der Waals surface area contributed by atoms with E-state index in [1.165, 1.54) is 17.5 Å². The van der Waals surface area contributed by atoms with Gasteiger partial charge in [0.25, 0.3) is 5.91 Å². The Morgan fingerprint density at radius 3 is 2.86 bits per heavy atom. The van der Waals surface area contributed by atoms with Crippen LogP contribution in [0.4, 0.5) is 10.8 Å². The number of aromatic nitrogens is 1. The first-order valence-electron chi connectivity index (χ1n) is 6.25. The second-order valence-corrected chi connectivity index (χ2v) is 5.29. The molecule has 0 bridgehead atoms. The van der Waals surface area contributed by atoms with Gasteiger partial charge in [-0.2, -0.15) is 5.26 Å². The molecule has 0 aliphatic heterocycles. The second-order valence-electron chi connectivity index (χ2n) is 4.43. The van der Waals surface area contributed by atoms with Gasteiger partial charge in [-0.3, -0.25) is 4.79 Å². The van der Waals surface area contributed by atoms with Crippen molar-refractivity contribution >= 4 is 28.1 Å². The molecule has 2 N–H and O–H groups in total. The standard InChI is InChI=1S/C15H14N4OS/c1-10-4-3-5-13(6-10)19-14(20)12(7-16)8-17-15-18-11(2)9-21-15/h3-6,8-9H,1-2H3,(H,17,18)(H,19,20)/b12-8-. The third-order valence-corrected chi connectivity index (χ3v) is 3.49. The number of hydrogen-bond acceptors (Lipinski definition) is 5. The second kappa shape index (κ2) is 6.68. The molecule has 5 nitrogen and oxygen atoms in total. The molecule has 1 aromatic carbocycles. The van der Waals surface area contributed by atoms with E-state index < -0.39 is 5.91 Å². The van der Waals surface area contributed by atoms with Crippen molar-refractivity contribution in [3.05, 3.63) is 52.7 Å². The Bertz CT molecular complexity index is 727. The molecule has 0 saturated carbocycles. The minimum absolute atomic E-state index is 0.00985. The molecule has 2 aromatic rings. The van der Waals surface area contributed by atoms with E-state index in [4.69, 9.17) is 5.26 Å². The summed E-state index contributed by atoms with van der Waals surface area (Å²) in [6, 6.07) is 9.27. The molecular weight excluding hydrogens is 284 g/mol. The number of amides is 1. The van der Waals surface area contributed by atoms with Crippen LogP contribution in [0, 0.1) is 25.2 Å². The third kappa shape index (κ3) is 4.16. The average Bonchev–Trinajstić information content (AvgIpc) is 2.85. The van der Waals surface area contributed by atoms with Gasteiger partial charge in [-0.25, -0.2) is 4.98 Å². The van der Waals surface area contributed by atoms with E-state index in [2.05, 4.69) is 15.6 Å². The Hall–Kier alpha value is -2.65. The lowest BCUT2D eigenvalue weighted by molar-refractivity contribution is -0.112. The molecule has 0 spiro atoms. The number of carbonyl (C=O) groups is 1. The van der Waals surface area contributed by atoms with Crippen LogP contribution in [0.25, 0.3) is 0 Å². The highest BCUT2D eigenvalue weighted by atomic mass is 32.1. The van der Waals surface area contributed by atoms with Crippen molar-refractivity contribution in [2.75, 3.05) is 10.6 Å². The van der Waals surface area contributed by atoms with Gasteiger partial charge < -0.3 is 10.6 Å². The highest BCUT2D eigenvalue weighted by Gasteiger charge is 2.09. The molecule has 0 atom stereocenters. The Labute approximate surface area is 127 Å². The van der Waals surface area contributed by atoms with Gasteiger partial charge in [-0.15, -0.1) is 11.3 Å². The van der Waals surface area contributed by atoms with Crippen molar-refractivity contribution in [3.8, 4) is 6.07 Å². The van der Waals surface area contributed by atoms with E-state index in [1.54, 1.807) is 6.07 Å². The predicted molar refractivity (Wildman–Crippen MR) is 84.0 cm³/mol. The van der Waals surface area contributed by atoms with Crippen LogP contribution in [0.5, 0.6) is 0 Å². The van der Waals surface area contributed by atoms with E-state index in [9.17, 15) is 4.79 Å². The number of anilines is 2. The van der Waals surface area contributed by atoms with Crippen molar-refractivity contribution in [2.45, 2.75) is 13.8 Å². The summed E-state index contributed by atoms with van der Waals surface area (Å²) in [5.41, 5.74) is 2.57. The highest BCUT2D eigenvalue weighted by molar-refractivity contribution is 7.13. The van der Waals surface area contributed by atoms with E-state index in [1.807, 2.05) is 43.5 Å². The number of nitrogens with zero attached hydrogens (tertiary/aromatic N) is 2. The number of hydrogen-bond donors (Lipinski definition) is 2. The van der Waals surface area contributed by atoms with Crippen molar-refractivity contribution in [1.82, 2.24) is 4.98 Å². The Morgan fingerprint density at radius 2 is 2.24 bits per heavy atom. The summed E-state index contributed by atoms with van der Waals surface area (Å²) in [5.74, 6) is -0.455. The minimum Gasteiger partial charge on any atom is -0.337 e. The largest absolute Gasteiger partial charge is 0.337 e. The fourth-order valence-corrected chi connectivity index (χ4v) is 2.28. The highest BCUT2D eigenvalue weighted by Crippen LogP contribution is 2.15. The van der Waals surface area contributed by atoms with Crippen molar-refractivity contribution < 1.29 is 4.79 Å². The first kappa shape index (κ1) is 14.8. The summed E-state index contributed by atoms with van der Waals surface area (Å²) >= 11 is 1.41. The van der Waals surface area contributed by atoms with E-state index in [0.29, 0.717) is 10.8 Å². The summed E-state index contributed by atoms with van der Waals surface area (Å²) in [5, 5.41) is 17.1. The monoisotopic (exact) mass is 298 g/mol. The summed E-state index contributed by atoms with van der Waals surface area (Å²) in [6.07, 6.45) is 1.36. The van der Waals surface area contributed by atoms with Crippen LogP contribution in [-0.4, -0.2) is 10.9 Å². The summed E-state index contributed by atoms with van der Waals surface area (Å²) in [7, 11) is 0. The Morgan fingerprint density at radius 1 is 1.43 bits per heavy atom. The number of nitrogens with one attached hydrogen (secondary N) is 2. The van der Waals surface area contributed by atoms with Gasteiger partial charge in [0.05, 0.1) is 5.69 Å². The van der Waals surface area contributed by atoms with Crippen LogP contribution < -0.4 is 10.6 Å². The molecule has 106 valence electrons. The zero-order valence-corrected chi connectivity index (χ0v) is 12.5. The smallest absolute Gasteiger partial charge is 0.267 e. The summed E-state index contributed by atoms with van der Waals surface area (Å²) in [6.45, 7) is 3.81. The maximum Gasteiger partial charge on any atom is 0.267 e. The summed E-state index contributed by atoms with van der Waals surface area (Å²) < 4.78 is 0. The van der Waals surface area contributed by atoms with E-state index in [0.717, 1.165) is 11.3 Å². The van der Waals surface area contributed by atoms with Crippen LogP contribution in [-0.2, 0) is 4.79 Å². The van der Waals surface area contributed by atoms with Crippen molar-refractivity contribution in [3.63, 3.8) is 0 Å². The first-order valence-corrected chi connectivity index (χ1v) is 7.13. The topological polar surface area (TPSA) is 77.8 Å². The lowest BCUT2D eigenvalue weighted by Crippen LogP contribution is -2.14.